The summed E-state index contributed by atoms with van der Waals surface area (Å²) in [6, 6.07) is 1.84. The summed E-state index contributed by atoms with van der Waals surface area (Å²) >= 11 is 0. The van der Waals surface area contributed by atoms with Gasteiger partial charge in [-0.05, 0) is 6.92 Å². The molecule has 0 atom stereocenters. The molecule has 0 radical (unpaired) electrons. The van der Waals surface area contributed by atoms with Gasteiger partial charge in [0.2, 0.25) is 5.95 Å². The topological polar surface area (TPSA) is 92.5 Å². The Kier molecular flexibility index (Phi) is 2.49. The Balaban J connectivity index is 2.05. The van der Waals surface area contributed by atoms with Gasteiger partial charge in [-0.15, -0.1) is 0 Å². The molecule has 6 heteroatoms. The van der Waals surface area contributed by atoms with E-state index in [0.29, 0.717) is 6.54 Å². The molecule has 0 bridgehead atoms. The number of H-pyrrole nitrogens is 1. The van der Waals surface area contributed by atoms with Crippen LogP contribution in [0.5, 0.6) is 0 Å². The quantitative estimate of drug-likeness (QED) is 0.684. The Morgan fingerprint density at radius 2 is 2.33 bits per heavy atom. The highest BCUT2D eigenvalue weighted by atomic mass is 15.1. The first-order chi connectivity index (χ1) is 7.24. The molecule has 0 aliphatic carbocycles. The fraction of sp³-hybridized carbons (Fsp3) is 0.222. The minimum atomic E-state index is 0.282. The first-order valence-electron chi connectivity index (χ1n) is 4.57. The summed E-state index contributed by atoms with van der Waals surface area (Å²) in [5.41, 5.74) is 7.43. The van der Waals surface area contributed by atoms with Crippen molar-refractivity contribution in [3.63, 3.8) is 0 Å². The van der Waals surface area contributed by atoms with Crippen molar-refractivity contribution in [1.29, 1.82) is 0 Å². The van der Waals surface area contributed by atoms with Gasteiger partial charge in [0.1, 0.15) is 5.82 Å². The fourth-order valence-electron chi connectivity index (χ4n) is 1.25. The highest BCUT2D eigenvalue weighted by molar-refractivity contribution is 5.40. The molecule has 2 heterocycles. The van der Waals surface area contributed by atoms with Crippen molar-refractivity contribution in [2.75, 3.05) is 11.1 Å². The Hall–Kier alpha value is -2.11. The number of aromatic amines is 1. The number of aromatic nitrogens is 4. The standard InChI is InChI=1S/C9H12N6/c1-6-2-8(15-9(10)14-6)11-3-7-4-12-13-5-7/h2,4-5H,3H2,1H3,(H,12,13)(H3,10,11,14,15). The van der Waals surface area contributed by atoms with E-state index in [4.69, 9.17) is 5.73 Å². The molecule has 0 fully saturated rings. The van der Waals surface area contributed by atoms with Gasteiger partial charge >= 0.3 is 0 Å². The minimum absolute atomic E-state index is 0.282. The second-order valence-electron chi connectivity index (χ2n) is 3.21. The van der Waals surface area contributed by atoms with Crippen LogP contribution >= 0.6 is 0 Å². The molecule has 0 spiro atoms. The van der Waals surface area contributed by atoms with E-state index in [9.17, 15) is 0 Å². The number of nitrogens with two attached hydrogens (primary N) is 1. The summed E-state index contributed by atoms with van der Waals surface area (Å²) in [7, 11) is 0. The van der Waals surface area contributed by atoms with Gasteiger partial charge in [-0.3, -0.25) is 5.10 Å². The smallest absolute Gasteiger partial charge is 0.222 e. The summed E-state index contributed by atoms with van der Waals surface area (Å²) in [5, 5.41) is 9.73. The van der Waals surface area contributed by atoms with Crippen molar-refractivity contribution >= 4 is 11.8 Å². The monoisotopic (exact) mass is 204 g/mol. The molecule has 4 N–H and O–H groups in total. The van der Waals surface area contributed by atoms with Gasteiger partial charge in [0.05, 0.1) is 6.20 Å². The number of nitrogens with zero attached hydrogens (tertiary/aromatic N) is 3. The highest BCUT2D eigenvalue weighted by Crippen LogP contribution is 2.08. The third-order valence-corrected chi connectivity index (χ3v) is 1.90. The highest BCUT2D eigenvalue weighted by Gasteiger charge is 1.99. The van der Waals surface area contributed by atoms with Crippen LogP contribution in [0.25, 0.3) is 0 Å². The molecule has 6 nitrogen and oxygen atoms in total. The molecule has 0 amide bonds. The molecular weight excluding hydrogens is 192 g/mol. The van der Waals surface area contributed by atoms with Crippen molar-refractivity contribution in [3.05, 3.63) is 29.7 Å². The van der Waals surface area contributed by atoms with Crippen molar-refractivity contribution in [2.45, 2.75) is 13.5 Å². The van der Waals surface area contributed by atoms with Gasteiger partial charge in [0, 0.05) is 30.1 Å². The van der Waals surface area contributed by atoms with E-state index in [-0.39, 0.29) is 5.95 Å². The summed E-state index contributed by atoms with van der Waals surface area (Å²) in [6.45, 7) is 2.54. The summed E-state index contributed by atoms with van der Waals surface area (Å²) < 4.78 is 0. The van der Waals surface area contributed by atoms with Crippen LogP contribution in [0.4, 0.5) is 11.8 Å². The summed E-state index contributed by atoms with van der Waals surface area (Å²) in [4.78, 5) is 8.05. The van der Waals surface area contributed by atoms with E-state index in [1.807, 2.05) is 19.2 Å². The van der Waals surface area contributed by atoms with Crippen LogP contribution in [0.1, 0.15) is 11.3 Å². The molecule has 0 aliphatic rings. The maximum absolute atomic E-state index is 5.53. The molecule has 0 saturated carbocycles. The van der Waals surface area contributed by atoms with E-state index in [1.165, 1.54) is 0 Å². The second-order valence-corrected chi connectivity index (χ2v) is 3.21. The molecule has 2 aromatic rings. The lowest BCUT2D eigenvalue weighted by Crippen LogP contribution is -2.04. The van der Waals surface area contributed by atoms with E-state index < -0.39 is 0 Å². The first-order valence-corrected chi connectivity index (χ1v) is 4.57. The van der Waals surface area contributed by atoms with Gasteiger partial charge in [0.25, 0.3) is 0 Å². The number of aryl methyl sites for hydroxylation is 1. The van der Waals surface area contributed by atoms with Crippen LogP contribution in [0, 0.1) is 6.92 Å². The van der Waals surface area contributed by atoms with Crippen LogP contribution in [0.15, 0.2) is 18.5 Å². The van der Waals surface area contributed by atoms with Crippen molar-refractivity contribution in [3.8, 4) is 0 Å². The van der Waals surface area contributed by atoms with Crippen LogP contribution in [-0.4, -0.2) is 20.2 Å². The molecule has 15 heavy (non-hydrogen) atoms. The number of hydrogen-bond donors (Lipinski definition) is 3. The largest absolute Gasteiger partial charge is 0.368 e. The van der Waals surface area contributed by atoms with Gasteiger partial charge in [-0.2, -0.15) is 10.1 Å². The maximum atomic E-state index is 5.53. The van der Waals surface area contributed by atoms with E-state index in [2.05, 4.69) is 25.5 Å². The maximum Gasteiger partial charge on any atom is 0.222 e. The lowest BCUT2D eigenvalue weighted by molar-refractivity contribution is 1.07. The minimum Gasteiger partial charge on any atom is -0.368 e. The number of hydrogen-bond acceptors (Lipinski definition) is 5. The Morgan fingerprint density at radius 1 is 1.47 bits per heavy atom. The number of nitrogen functional groups attached to an aromatic ring is 1. The first kappa shape index (κ1) is 9.45. The SMILES string of the molecule is Cc1cc(NCc2cn[nH]c2)nc(N)n1. The number of nitrogens with one attached hydrogen (secondary N) is 2. The molecule has 2 rings (SSSR count). The average molecular weight is 204 g/mol. The van der Waals surface area contributed by atoms with Gasteiger partial charge in [-0.1, -0.05) is 0 Å². The van der Waals surface area contributed by atoms with Gasteiger partial charge in [0.15, 0.2) is 0 Å². The zero-order valence-corrected chi connectivity index (χ0v) is 8.36. The van der Waals surface area contributed by atoms with Crippen LogP contribution in [0.3, 0.4) is 0 Å². The lowest BCUT2D eigenvalue weighted by atomic mass is 10.3. The van der Waals surface area contributed by atoms with Crippen molar-refractivity contribution < 1.29 is 0 Å². The van der Waals surface area contributed by atoms with Crippen LogP contribution in [-0.2, 0) is 6.54 Å². The van der Waals surface area contributed by atoms with E-state index in [0.717, 1.165) is 17.1 Å². The molecule has 2 aromatic heterocycles. The Labute approximate surface area is 86.9 Å². The predicted molar refractivity (Wildman–Crippen MR) is 57.1 cm³/mol. The predicted octanol–water partition coefficient (Wildman–Crippen LogP) is 0.702. The number of rotatable bonds is 3. The van der Waals surface area contributed by atoms with E-state index in [1.54, 1.807) is 6.20 Å². The molecule has 0 aliphatic heterocycles. The molecule has 78 valence electrons. The lowest BCUT2D eigenvalue weighted by Gasteiger charge is -2.04. The second kappa shape index (κ2) is 3.95. The van der Waals surface area contributed by atoms with Crippen molar-refractivity contribution in [1.82, 2.24) is 20.2 Å². The third kappa shape index (κ3) is 2.43. The van der Waals surface area contributed by atoms with Crippen LogP contribution in [0.2, 0.25) is 0 Å². The average Bonchev–Trinajstić information content (AvgIpc) is 2.65. The summed E-state index contributed by atoms with van der Waals surface area (Å²) in [5.74, 6) is 1.01. The van der Waals surface area contributed by atoms with Crippen LogP contribution < -0.4 is 11.1 Å². The zero-order chi connectivity index (χ0) is 10.7. The molecule has 0 saturated heterocycles. The Bertz CT molecular complexity index is 416. The Morgan fingerprint density at radius 3 is 3.00 bits per heavy atom. The summed E-state index contributed by atoms with van der Waals surface area (Å²) in [6.07, 6.45) is 3.58. The molecule has 0 aromatic carbocycles. The fourth-order valence-corrected chi connectivity index (χ4v) is 1.25. The van der Waals surface area contributed by atoms with Gasteiger partial charge in [-0.25, -0.2) is 4.98 Å². The normalized spacial score (nSPS) is 10.2. The third-order valence-electron chi connectivity index (χ3n) is 1.90. The van der Waals surface area contributed by atoms with Gasteiger partial charge < -0.3 is 11.1 Å². The number of anilines is 2. The molecular formula is C9H12N6. The zero-order valence-electron chi connectivity index (χ0n) is 8.36. The molecule has 0 unspecified atom stereocenters. The van der Waals surface area contributed by atoms with E-state index >= 15 is 0 Å². The van der Waals surface area contributed by atoms with Crippen molar-refractivity contribution in [2.24, 2.45) is 0 Å².